The van der Waals surface area contributed by atoms with Gasteiger partial charge in [-0.2, -0.15) is 13.2 Å². The zero-order valence-corrected chi connectivity index (χ0v) is 18.8. The number of ether oxygens (including phenoxy) is 1. The van der Waals surface area contributed by atoms with E-state index in [1.54, 1.807) is 23.5 Å². The standard InChI is InChI=1S/C21H16ClF4N3O3S/c1-27-16(21(24,25)26)8-17(30)29(20(27)31)19-13-10-33-28(18(13)14(22)7-15(19)23)9-11-3-5-12(32-2)6-4-11/h3-8H,9-10H2,1-2H3. The van der Waals surface area contributed by atoms with Crippen LogP contribution in [-0.2, 0) is 25.5 Å². The average molecular weight is 502 g/mol. The number of rotatable bonds is 4. The van der Waals surface area contributed by atoms with Crippen LogP contribution in [0.5, 0.6) is 5.75 Å². The molecule has 0 aliphatic carbocycles. The summed E-state index contributed by atoms with van der Waals surface area (Å²) in [4.78, 5) is 25.3. The van der Waals surface area contributed by atoms with Crippen LogP contribution in [0.4, 0.5) is 23.2 Å². The van der Waals surface area contributed by atoms with Crippen molar-refractivity contribution < 1.29 is 22.3 Å². The minimum atomic E-state index is -4.92. The highest BCUT2D eigenvalue weighted by Gasteiger charge is 2.36. The van der Waals surface area contributed by atoms with Crippen molar-refractivity contribution in [2.75, 3.05) is 11.4 Å². The predicted molar refractivity (Wildman–Crippen MR) is 118 cm³/mol. The molecule has 0 radical (unpaired) electrons. The first-order valence-corrected chi connectivity index (χ1v) is 10.8. The van der Waals surface area contributed by atoms with Crippen molar-refractivity contribution in [2.45, 2.75) is 18.5 Å². The fourth-order valence-electron chi connectivity index (χ4n) is 3.63. The number of anilines is 1. The molecular weight excluding hydrogens is 486 g/mol. The molecule has 0 fully saturated rings. The molecule has 0 saturated heterocycles. The smallest absolute Gasteiger partial charge is 0.431 e. The van der Waals surface area contributed by atoms with E-state index in [9.17, 15) is 27.2 Å². The van der Waals surface area contributed by atoms with Gasteiger partial charge in [-0.1, -0.05) is 23.7 Å². The van der Waals surface area contributed by atoms with Gasteiger partial charge < -0.3 is 9.04 Å². The number of hydrogen-bond acceptors (Lipinski definition) is 5. The number of halogens is 5. The van der Waals surface area contributed by atoms with Gasteiger partial charge >= 0.3 is 11.9 Å². The van der Waals surface area contributed by atoms with Crippen LogP contribution >= 0.6 is 23.5 Å². The number of aromatic nitrogens is 2. The van der Waals surface area contributed by atoms with Gasteiger partial charge in [-0.3, -0.25) is 9.36 Å². The van der Waals surface area contributed by atoms with Crippen LogP contribution in [0.15, 0.2) is 46.0 Å². The predicted octanol–water partition coefficient (Wildman–Crippen LogP) is 4.52. The van der Waals surface area contributed by atoms with E-state index in [1.807, 2.05) is 12.1 Å². The minimum Gasteiger partial charge on any atom is -0.497 e. The molecule has 1 aliphatic rings. The van der Waals surface area contributed by atoms with Crippen molar-refractivity contribution in [3.63, 3.8) is 0 Å². The van der Waals surface area contributed by atoms with Crippen LogP contribution in [0.1, 0.15) is 16.8 Å². The Morgan fingerprint density at radius 3 is 2.39 bits per heavy atom. The molecule has 174 valence electrons. The molecule has 33 heavy (non-hydrogen) atoms. The van der Waals surface area contributed by atoms with Crippen molar-refractivity contribution in [1.82, 2.24) is 9.13 Å². The monoisotopic (exact) mass is 501 g/mol. The molecule has 1 aromatic heterocycles. The lowest BCUT2D eigenvalue weighted by molar-refractivity contribution is -0.144. The molecule has 2 heterocycles. The topological polar surface area (TPSA) is 56.5 Å². The normalized spacial score (nSPS) is 13.4. The van der Waals surface area contributed by atoms with Crippen LogP contribution in [-0.4, -0.2) is 16.2 Å². The number of methoxy groups -OCH3 is 1. The molecule has 0 saturated carbocycles. The Balaban J connectivity index is 1.84. The molecular formula is C21H16ClF4N3O3S. The summed E-state index contributed by atoms with van der Waals surface area (Å²) in [6, 6.07) is 8.46. The summed E-state index contributed by atoms with van der Waals surface area (Å²) in [5.74, 6) is -0.146. The number of hydrogen-bond donors (Lipinski definition) is 0. The van der Waals surface area contributed by atoms with Gasteiger partial charge in [0.2, 0.25) is 0 Å². The first-order valence-electron chi connectivity index (χ1n) is 9.48. The van der Waals surface area contributed by atoms with Crippen molar-refractivity contribution in [3.8, 4) is 11.4 Å². The van der Waals surface area contributed by atoms with Crippen LogP contribution < -0.4 is 20.3 Å². The van der Waals surface area contributed by atoms with E-state index in [-0.39, 0.29) is 27.0 Å². The Bertz CT molecular complexity index is 1350. The van der Waals surface area contributed by atoms with Gasteiger partial charge in [0.15, 0.2) is 0 Å². The van der Waals surface area contributed by atoms with Crippen molar-refractivity contribution >= 4 is 29.2 Å². The summed E-state index contributed by atoms with van der Waals surface area (Å²) < 4.78 is 62.2. The third kappa shape index (κ3) is 4.10. The number of alkyl halides is 3. The van der Waals surface area contributed by atoms with Crippen LogP contribution in [0.25, 0.3) is 5.69 Å². The summed E-state index contributed by atoms with van der Waals surface area (Å²) in [5, 5.41) is 0.0570. The van der Waals surface area contributed by atoms with Gasteiger partial charge in [0.1, 0.15) is 17.3 Å². The maximum atomic E-state index is 15.0. The van der Waals surface area contributed by atoms with Crippen molar-refractivity contribution in [3.05, 3.63) is 84.9 Å². The lowest BCUT2D eigenvalue weighted by Crippen LogP contribution is -2.41. The van der Waals surface area contributed by atoms with Gasteiger partial charge in [0, 0.05) is 24.4 Å². The van der Waals surface area contributed by atoms with E-state index < -0.39 is 34.6 Å². The lowest BCUT2D eigenvalue weighted by Gasteiger charge is -2.21. The summed E-state index contributed by atoms with van der Waals surface area (Å²) >= 11 is 7.58. The zero-order valence-electron chi connectivity index (χ0n) is 17.2. The SMILES string of the molecule is COc1ccc(CN2SCc3c2c(Cl)cc(F)c3-n2c(=O)cc(C(F)(F)F)n(C)c2=O)cc1. The van der Waals surface area contributed by atoms with Gasteiger partial charge in [-0.25, -0.2) is 13.8 Å². The second-order valence-electron chi connectivity index (χ2n) is 7.22. The Kier molecular flexibility index (Phi) is 5.95. The summed E-state index contributed by atoms with van der Waals surface area (Å²) in [7, 11) is 2.42. The van der Waals surface area contributed by atoms with E-state index in [0.717, 1.165) is 18.7 Å². The van der Waals surface area contributed by atoms with Crippen LogP contribution in [0.2, 0.25) is 5.02 Å². The molecule has 6 nitrogen and oxygen atoms in total. The van der Waals surface area contributed by atoms with Crippen molar-refractivity contribution in [1.29, 1.82) is 0 Å². The van der Waals surface area contributed by atoms with E-state index in [4.69, 9.17) is 16.3 Å². The van der Waals surface area contributed by atoms with E-state index in [1.165, 1.54) is 11.9 Å². The van der Waals surface area contributed by atoms with Gasteiger partial charge in [-0.05, 0) is 35.7 Å². The number of benzene rings is 2. The molecule has 0 amide bonds. The van der Waals surface area contributed by atoms with E-state index in [0.29, 0.717) is 22.5 Å². The molecule has 0 unspecified atom stereocenters. The maximum absolute atomic E-state index is 15.0. The molecule has 1 aliphatic heterocycles. The second-order valence-corrected chi connectivity index (χ2v) is 8.61. The fraction of sp³-hybridized carbons (Fsp3) is 0.238. The Morgan fingerprint density at radius 1 is 1.12 bits per heavy atom. The highest BCUT2D eigenvalue weighted by molar-refractivity contribution is 8.00. The third-order valence-electron chi connectivity index (χ3n) is 5.21. The largest absolute Gasteiger partial charge is 0.497 e. The zero-order chi connectivity index (χ0) is 24.1. The highest BCUT2D eigenvalue weighted by Crippen LogP contribution is 2.47. The molecule has 0 N–H and O–H groups in total. The molecule has 0 atom stereocenters. The first-order chi connectivity index (χ1) is 15.5. The summed E-state index contributed by atoms with van der Waals surface area (Å²) in [6.45, 7) is 0.367. The highest BCUT2D eigenvalue weighted by atomic mass is 35.5. The Hall–Kier alpha value is -2.92. The average Bonchev–Trinajstić information content (AvgIpc) is 3.16. The molecule has 3 aromatic rings. The first kappa shape index (κ1) is 23.2. The summed E-state index contributed by atoms with van der Waals surface area (Å²) in [6.07, 6.45) is -4.92. The Labute approximate surface area is 194 Å². The quantitative estimate of drug-likeness (QED) is 0.388. The van der Waals surface area contributed by atoms with Gasteiger partial charge in [0.05, 0.1) is 30.1 Å². The lowest BCUT2D eigenvalue weighted by atomic mass is 10.1. The number of fused-ring (bicyclic) bond motifs is 1. The molecule has 0 spiro atoms. The van der Waals surface area contributed by atoms with Crippen molar-refractivity contribution in [2.24, 2.45) is 7.05 Å². The fourth-order valence-corrected chi connectivity index (χ4v) is 5.13. The molecule has 2 aromatic carbocycles. The molecule has 12 heteroatoms. The third-order valence-corrected chi connectivity index (χ3v) is 6.54. The minimum absolute atomic E-state index is 0.0570. The van der Waals surface area contributed by atoms with Crippen LogP contribution in [0, 0.1) is 5.82 Å². The number of nitrogens with zero attached hydrogens (tertiary/aromatic N) is 3. The summed E-state index contributed by atoms with van der Waals surface area (Å²) in [5.41, 5.74) is -2.89. The van der Waals surface area contributed by atoms with E-state index >= 15 is 0 Å². The second kappa shape index (κ2) is 8.45. The Morgan fingerprint density at radius 2 is 1.79 bits per heavy atom. The van der Waals surface area contributed by atoms with Gasteiger partial charge in [0.25, 0.3) is 5.56 Å². The molecule has 0 bridgehead atoms. The molecule has 4 rings (SSSR count). The van der Waals surface area contributed by atoms with E-state index in [2.05, 4.69) is 0 Å². The van der Waals surface area contributed by atoms with Gasteiger partial charge in [-0.15, -0.1) is 0 Å². The van der Waals surface area contributed by atoms with Crippen LogP contribution in [0.3, 0.4) is 0 Å². The maximum Gasteiger partial charge on any atom is 0.431 e.